The van der Waals surface area contributed by atoms with Gasteiger partial charge in [0.1, 0.15) is 0 Å². The van der Waals surface area contributed by atoms with Crippen LogP contribution in [0.5, 0.6) is 0 Å². The molecule has 0 unspecified atom stereocenters. The van der Waals surface area contributed by atoms with Crippen LogP contribution in [0, 0.1) is 0 Å². The molecule has 0 saturated heterocycles. The van der Waals surface area contributed by atoms with Crippen LogP contribution in [-0.4, -0.2) is 22.0 Å². The van der Waals surface area contributed by atoms with E-state index in [4.69, 9.17) is 11.6 Å². The molecule has 0 radical (unpaired) electrons. The number of urea groups is 1. The van der Waals surface area contributed by atoms with Gasteiger partial charge in [-0.3, -0.25) is 0 Å². The van der Waals surface area contributed by atoms with Crippen molar-refractivity contribution in [3.8, 4) is 0 Å². The van der Waals surface area contributed by atoms with E-state index in [1.807, 2.05) is 65.6 Å². The molecule has 1 aliphatic rings. The van der Waals surface area contributed by atoms with E-state index in [0.717, 1.165) is 23.4 Å². The Morgan fingerprint density at radius 1 is 1.00 bits per heavy atom. The fourth-order valence-corrected chi connectivity index (χ4v) is 3.60. The maximum Gasteiger partial charge on any atom is 0.318 e. The molecule has 1 atom stereocenters. The summed E-state index contributed by atoms with van der Waals surface area (Å²) in [6.45, 7) is 1.98. The first kappa shape index (κ1) is 16.7. The minimum atomic E-state index is -0.119. The summed E-state index contributed by atoms with van der Waals surface area (Å²) in [5, 5.41) is 3.75. The minimum absolute atomic E-state index is 0.0544. The second-order valence-electron chi connectivity index (χ2n) is 6.42. The van der Waals surface area contributed by atoms with Gasteiger partial charge in [-0.15, -0.1) is 0 Å². The first-order chi connectivity index (χ1) is 12.7. The summed E-state index contributed by atoms with van der Waals surface area (Å²) in [6, 6.07) is 21.6. The molecule has 0 saturated carbocycles. The number of hydrogen-bond acceptors (Lipinski definition) is 1. The maximum absolute atomic E-state index is 12.9. The normalized spacial score (nSPS) is 16.2. The predicted molar refractivity (Wildman–Crippen MR) is 103 cm³/mol. The molecule has 0 spiro atoms. The van der Waals surface area contributed by atoms with E-state index >= 15 is 0 Å². The van der Waals surface area contributed by atoms with E-state index < -0.39 is 0 Å². The smallest absolute Gasteiger partial charge is 0.318 e. The third-order valence-corrected chi connectivity index (χ3v) is 5.02. The van der Waals surface area contributed by atoms with E-state index in [2.05, 4.69) is 22.1 Å². The van der Waals surface area contributed by atoms with Gasteiger partial charge in [-0.2, -0.15) is 0 Å². The van der Waals surface area contributed by atoms with Crippen LogP contribution in [0.25, 0.3) is 0 Å². The zero-order valence-electron chi connectivity index (χ0n) is 14.3. The van der Waals surface area contributed by atoms with E-state index in [1.54, 1.807) is 0 Å². The number of carbonyl (C=O) groups is 1. The zero-order valence-corrected chi connectivity index (χ0v) is 15.1. The van der Waals surface area contributed by atoms with E-state index in [-0.39, 0.29) is 12.1 Å². The Bertz CT molecular complexity index is 889. The third kappa shape index (κ3) is 3.33. The number of rotatable bonds is 3. The molecule has 4 nitrogen and oxygen atoms in total. The van der Waals surface area contributed by atoms with Gasteiger partial charge in [0.05, 0.1) is 6.04 Å². The number of carbonyl (C=O) groups excluding carboxylic acids is 1. The molecule has 3 aromatic rings. The van der Waals surface area contributed by atoms with Gasteiger partial charge in [-0.25, -0.2) is 4.79 Å². The Hall–Kier alpha value is -2.72. The van der Waals surface area contributed by atoms with Crippen LogP contribution in [0.3, 0.4) is 0 Å². The SMILES string of the molecule is O=C(NCc1ccccc1)N1CCn2cccc2[C@H]1c1ccc(Cl)cc1. The third-order valence-electron chi connectivity index (χ3n) is 4.77. The lowest BCUT2D eigenvalue weighted by Gasteiger charge is -2.37. The Balaban J connectivity index is 1.59. The average Bonchev–Trinajstić information content (AvgIpc) is 3.16. The molecular formula is C21H20ClN3O. The molecule has 1 aliphatic heterocycles. The molecule has 0 aliphatic carbocycles. The largest absolute Gasteiger partial charge is 0.348 e. The predicted octanol–water partition coefficient (Wildman–Crippen LogP) is 4.46. The van der Waals surface area contributed by atoms with Crippen LogP contribution < -0.4 is 5.32 Å². The number of amides is 2. The number of halogens is 1. The van der Waals surface area contributed by atoms with Gasteiger partial charge in [0.2, 0.25) is 0 Å². The molecule has 26 heavy (non-hydrogen) atoms. The molecule has 2 aromatic carbocycles. The fraction of sp³-hybridized carbons (Fsp3) is 0.190. The molecule has 1 N–H and O–H groups in total. The highest BCUT2D eigenvalue weighted by Crippen LogP contribution is 2.33. The van der Waals surface area contributed by atoms with Gasteiger partial charge in [0, 0.05) is 36.5 Å². The van der Waals surface area contributed by atoms with Gasteiger partial charge in [0.25, 0.3) is 0 Å². The Kier molecular flexibility index (Phi) is 4.67. The molecule has 4 rings (SSSR count). The monoisotopic (exact) mass is 365 g/mol. The molecule has 5 heteroatoms. The summed E-state index contributed by atoms with van der Waals surface area (Å²) >= 11 is 6.05. The summed E-state index contributed by atoms with van der Waals surface area (Å²) in [6.07, 6.45) is 2.07. The van der Waals surface area contributed by atoms with Crippen LogP contribution in [0.1, 0.15) is 22.9 Å². The number of nitrogens with one attached hydrogen (secondary N) is 1. The van der Waals surface area contributed by atoms with Gasteiger partial charge in [-0.05, 0) is 35.4 Å². The lowest BCUT2D eigenvalue weighted by Crippen LogP contribution is -2.47. The maximum atomic E-state index is 12.9. The van der Waals surface area contributed by atoms with Crippen molar-refractivity contribution in [3.05, 3.63) is 94.8 Å². The van der Waals surface area contributed by atoms with Crippen LogP contribution in [0.2, 0.25) is 5.02 Å². The highest BCUT2D eigenvalue weighted by molar-refractivity contribution is 6.30. The second-order valence-corrected chi connectivity index (χ2v) is 6.85. The van der Waals surface area contributed by atoms with Crippen molar-refractivity contribution in [3.63, 3.8) is 0 Å². The van der Waals surface area contributed by atoms with E-state index in [0.29, 0.717) is 18.1 Å². The van der Waals surface area contributed by atoms with Crippen LogP contribution in [-0.2, 0) is 13.1 Å². The van der Waals surface area contributed by atoms with Crippen molar-refractivity contribution in [1.82, 2.24) is 14.8 Å². The standard InChI is InChI=1S/C21H20ClN3O/c22-18-10-8-17(9-11-18)20-19-7-4-12-24(19)13-14-25(20)21(26)23-15-16-5-2-1-3-6-16/h1-12,20H,13-15H2,(H,23,26)/t20-/m1/s1. The number of nitrogens with zero attached hydrogens (tertiary/aromatic N) is 2. The van der Waals surface area contributed by atoms with Crippen LogP contribution in [0.15, 0.2) is 72.9 Å². The molecular weight excluding hydrogens is 346 g/mol. The Morgan fingerprint density at radius 2 is 1.77 bits per heavy atom. The molecule has 2 heterocycles. The first-order valence-corrected chi connectivity index (χ1v) is 9.09. The van der Waals surface area contributed by atoms with Crippen molar-refractivity contribution >= 4 is 17.6 Å². The highest BCUT2D eigenvalue weighted by Gasteiger charge is 2.31. The van der Waals surface area contributed by atoms with Gasteiger partial charge >= 0.3 is 6.03 Å². The molecule has 0 bridgehead atoms. The number of hydrogen-bond donors (Lipinski definition) is 1. The first-order valence-electron chi connectivity index (χ1n) is 8.71. The Labute approximate surface area is 158 Å². The summed E-state index contributed by atoms with van der Waals surface area (Å²) in [5.41, 5.74) is 3.27. The second kappa shape index (κ2) is 7.26. The van der Waals surface area contributed by atoms with Crippen molar-refractivity contribution < 1.29 is 4.79 Å². The van der Waals surface area contributed by atoms with E-state index in [9.17, 15) is 4.79 Å². The van der Waals surface area contributed by atoms with Crippen LogP contribution >= 0.6 is 11.6 Å². The lowest BCUT2D eigenvalue weighted by molar-refractivity contribution is 0.168. The fourth-order valence-electron chi connectivity index (χ4n) is 3.47. The number of benzene rings is 2. The van der Waals surface area contributed by atoms with Crippen LogP contribution in [0.4, 0.5) is 4.79 Å². The summed E-state index contributed by atoms with van der Waals surface area (Å²) < 4.78 is 2.21. The van der Waals surface area contributed by atoms with Crippen molar-refractivity contribution in [2.75, 3.05) is 6.54 Å². The quantitative estimate of drug-likeness (QED) is 0.731. The van der Waals surface area contributed by atoms with Gasteiger partial charge in [-0.1, -0.05) is 54.1 Å². The van der Waals surface area contributed by atoms with Gasteiger partial charge < -0.3 is 14.8 Å². The lowest BCUT2D eigenvalue weighted by atomic mass is 10.0. The summed E-state index contributed by atoms with van der Waals surface area (Å²) in [7, 11) is 0. The molecule has 2 amide bonds. The minimum Gasteiger partial charge on any atom is -0.348 e. The summed E-state index contributed by atoms with van der Waals surface area (Å²) in [5.74, 6) is 0. The number of aromatic nitrogens is 1. The number of fused-ring (bicyclic) bond motifs is 1. The molecule has 0 fully saturated rings. The van der Waals surface area contributed by atoms with Crippen molar-refractivity contribution in [2.45, 2.75) is 19.1 Å². The molecule has 1 aromatic heterocycles. The van der Waals surface area contributed by atoms with Gasteiger partial charge in [0.15, 0.2) is 0 Å². The highest BCUT2D eigenvalue weighted by atomic mass is 35.5. The Morgan fingerprint density at radius 3 is 2.54 bits per heavy atom. The van der Waals surface area contributed by atoms with Crippen molar-refractivity contribution in [1.29, 1.82) is 0 Å². The topological polar surface area (TPSA) is 37.3 Å². The van der Waals surface area contributed by atoms with Crippen molar-refractivity contribution in [2.24, 2.45) is 0 Å². The zero-order chi connectivity index (χ0) is 17.9. The average molecular weight is 366 g/mol. The molecule has 132 valence electrons. The summed E-state index contributed by atoms with van der Waals surface area (Å²) in [4.78, 5) is 14.8. The van der Waals surface area contributed by atoms with E-state index in [1.165, 1.54) is 0 Å².